The summed E-state index contributed by atoms with van der Waals surface area (Å²) in [5.74, 6) is 0.0242. The van der Waals surface area contributed by atoms with Gasteiger partial charge in [-0.1, -0.05) is 77.8 Å². The van der Waals surface area contributed by atoms with E-state index >= 15 is 0 Å². The van der Waals surface area contributed by atoms with Crippen LogP contribution in [0.2, 0.25) is 10.0 Å². The van der Waals surface area contributed by atoms with Gasteiger partial charge in [0.15, 0.2) is 11.6 Å². The molecule has 1 aliphatic heterocycles. The van der Waals surface area contributed by atoms with Gasteiger partial charge in [-0.3, -0.25) is 4.79 Å². The van der Waals surface area contributed by atoms with Crippen molar-refractivity contribution < 1.29 is 23.8 Å². The number of carbonyl (C=O) groups excluding carboxylic acids is 1. The predicted octanol–water partition coefficient (Wildman–Crippen LogP) is 6.71. The first-order chi connectivity index (χ1) is 20.4. The Morgan fingerprint density at radius 1 is 1.00 bits per heavy atom. The highest BCUT2D eigenvalue weighted by atomic mass is 35.5. The fraction of sp³-hybridized carbons (Fsp3) is 0.212. The number of hydrogen-bond donors (Lipinski definition) is 2. The highest BCUT2D eigenvalue weighted by molar-refractivity contribution is 6.35. The Bertz CT molecular complexity index is 1570. The van der Waals surface area contributed by atoms with Crippen LogP contribution in [-0.2, 0) is 22.5 Å². The molecule has 2 N–H and O–H groups in total. The lowest BCUT2D eigenvalue weighted by molar-refractivity contribution is -0.129. The maximum atomic E-state index is 14.4. The molecular weight excluding hydrogens is 578 g/mol. The van der Waals surface area contributed by atoms with E-state index in [1.165, 1.54) is 6.07 Å². The lowest BCUT2D eigenvalue weighted by Gasteiger charge is -2.31. The Morgan fingerprint density at radius 2 is 1.74 bits per heavy atom. The van der Waals surface area contributed by atoms with Crippen LogP contribution in [0.1, 0.15) is 34.8 Å². The minimum Gasteiger partial charge on any atom is -0.494 e. The lowest BCUT2D eigenvalue weighted by Crippen LogP contribution is -2.49. The average molecular weight is 608 g/mol. The molecule has 0 saturated carbocycles. The van der Waals surface area contributed by atoms with Crippen LogP contribution < -0.4 is 10.1 Å². The molecule has 1 heterocycles. The number of nitrogens with one attached hydrogen (secondary N) is 1. The van der Waals surface area contributed by atoms with Gasteiger partial charge in [0.1, 0.15) is 11.6 Å². The van der Waals surface area contributed by atoms with E-state index < -0.39 is 23.4 Å². The van der Waals surface area contributed by atoms with Gasteiger partial charge < -0.3 is 19.9 Å². The largest absolute Gasteiger partial charge is 0.494 e. The minimum atomic E-state index is -1.49. The number of aliphatic imine (C=N–C) groups is 1. The molecule has 0 radical (unpaired) electrons. The maximum Gasteiger partial charge on any atom is 0.252 e. The summed E-state index contributed by atoms with van der Waals surface area (Å²) in [4.78, 5) is 19.2. The third-order valence-corrected chi connectivity index (χ3v) is 7.55. The van der Waals surface area contributed by atoms with Crippen molar-refractivity contribution in [3.8, 4) is 5.75 Å². The molecule has 4 aromatic carbocycles. The molecule has 4 aromatic rings. The monoisotopic (exact) mass is 606 g/mol. The van der Waals surface area contributed by atoms with Gasteiger partial charge in [-0.2, -0.15) is 0 Å². The normalized spacial score (nSPS) is 17.8. The Morgan fingerprint density at radius 3 is 2.45 bits per heavy atom. The van der Waals surface area contributed by atoms with Crippen molar-refractivity contribution in [3.05, 3.63) is 135 Å². The van der Waals surface area contributed by atoms with Crippen molar-refractivity contribution in [3.63, 3.8) is 0 Å². The van der Waals surface area contributed by atoms with Gasteiger partial charge in [-0.05, 0) is 48.0 Å². The zero-order valence-electron chi connectivity index (χ0n) is 22.6. The summed E-state index contributed by atoms with van der Waals surface area (Å²) in [7, 11) is 0. The van der Waals surface area contributed by atoms with Gasteiger partial charge in [-0.25, -0.2) is 9.38 Å². The highest BCUT2D eigenvalue weighted by Crippen LogP contribution is 2.45. The van der Waals surface area contributed by atoms with Crippen molar-refractivity contribution in [1.82, 2.24) is 5.32 Å². The van der Waals surface area contributed by atoms with Crippen LogP contribution in [0.15, 0.2) is 102 Å². The molecule has 6 nitrogen and oxygen atoms in total. The summed E-state index contributed by atoms with van der Waals surface area (Å²) in [6.45, 7) is 0.389. The van der Waals surface area contributed by atoms with E-state index in [0.29, 0.717) is 45.5 Å². The number of hydrogen-bond acceptors (Lipinski definition) is 5. The van der Waals surface area contributed by atoms with Crippen LogP contribution in [0.4, 0.5) is 4.39 Å². The van der Waals surface area contributed by atoms with E-state index in [2.05, 4.69) is 5.32 Å². The number of rotatable bonds is 11. The van der Waals surface area contributed by atoms with E-state index in [-0.39, 0.29) is 25.5 Å². The number of benzene rings is 4. The second kappa shape index (κ2) is 13.4. The SMILES string of the molecule is O=C(NCc1ccccc1F)[C@]1(Cc2ccccc2)N=C(c2ccc(OCCCO)cc2)O[C@@H]1c1ccc(Cl)cc1Cl. The number of aliphatic hydroxyl groups is 1. The maximum absolute atomic E-state index is 14.4. The van der Waals surface area contributed by atoms with Crippen molar-refractivity contribution in [2.24, 2.45) is 4.99 Å². The molecule has 0 fully saturated rings. The van der Waals surface area contributed by atoms with Gasteiger partial charge >= 0.3 is 0 Å². The quantitative estimate of drug-likeness (QED) is 0.186. The average Bonchev–Trinajstić information content (AvgIpc) is 3.37. The van der Waals surface area contributed by atoms with Crippen LogP contribution in [0, 0.1) is 5.82 Å². The third-order valence-electron chi connectivity index (χ3n) is 6.99. The lowest BCUT2D eigenvalue weighted by atomic mass is 9.82. The Labute approximate surface area is 253 Å². The molecular formula is C33H29Cl2FN2O4. The van der Waals surface area contributed by atoms with Crippen molar-refractivity contribution in [2.45, 2.75) is 31.0 Å². The molecule has 2 atom stereocenters. The fourth-order valence-corrected chi connectivity index (χ4v) is 5.36. The molecule has 42 heavy (non-hydrogen) atoms. The summed E-state index contributed by atoms with van der Waals surface area (Å²) < 4.78 is 26.6. The number of ether oxygens (including phenoxy) is 2. The summed E-state index contributed by atoms with van der Waals surface area (Å²) in [6.07, 6.45) is -0.212. The van der Waals surface area contributed by atoms with E-state index in [4.69, 9.17) is 42.8 Å². The van der Waals surface area contributed by atoms with Crippen LogP contribution in [-0.4, -0.2) is 35.7 Å². The van der Waals surface area contributed by atoms with Gasteiger partial charge in [-0.15, -0.1) is 0 Å². The van der Waals surface area contributed by atoms with E-state index in [1.807, 2.05) is 30.3 Å². The second-order valence-electron chi connectivity index (χ2n) is 9.89. The molecule has 0 unspecified atom stereocenters. The van der Waals surface area contributed by atoms with Crippen molar-refractivity contribution >= 4 is 35.0 Å². The predicted molar refractivity (Wildman–Crippen MR) is 162 cm³/mol. The summed E-state index contributed by atoms with van der Waals surface area (Å²) in [5, 5.41) is 12.7. The molecule has 9 heteroatoms. The van der Waals surface area contributed by atoms with Gasteiger partial charge in [0.2, 0.25) is 5.90 Å². The molecule has 0 spiro atoms. The fourth-order valence-electron chi connectivity index (χ4n) is 4.85. The van der Waals surface area contributed by atoms with E-state index in [1.54, 1.807) is 60.7 Å². The molecule has 0 aromatic heterocycles. The Balaban J connectivity index is 1.57. The second-order valence-corrected chi connectivity index (χ2v) is 10.7. The van der Waals surface area contributed by atoms with E-state index in [9.17, 15) is 9.18 Å². The van der Waals surface area contributed by atoms with E-state index in [0.717, 1.165) is 5.56 Å². The van der Waals surface area contributed by atoms with Crippen LogP contribution >= 0.6 is 23.2 Å². The number of amides is 1. The first-order valence-electron chi connectivity index (χ1n) is 13.5. The molecule has 1 aliphatic rings. The van der Waals surface area contributed by atoms with Crippen LogP contribution in [0.5, 0.6) is 5.75 Å². The van der Waals surface area contributed by atoms with Gasteiger partial charge in [0.05, 0.1) is 6.61 Å². The Kier molecular flexibility index (Phi) is 9.42. The smallest absolute Gasteiger partial charge is 0.252 e. The number of nitrogens with zero attached hydrogens (tertiary/aromatic N) is 1. The zero-order valence-corrected chi connectivity index (χ0v) is 24.1. The number of carbonyl (C=O) groups is 1. The summed E-state index contributed by atoms with van der Waals surface area (Å²) in [5.41, 5.74) is 0.893. The molecule has 5 rings (SSSR count). The summed E-state index contributed by atoms with van der Waals surface area (Å²) >= 11 is 12.9. The molecule has 1 amide bonds. The topological polar surface area (TPSA) is 80.2 Å². The third kappa shape index (κ3) is 6.59. The summed E-state index contributed by atoms with van der Waals surface area (Å²) in [6, 6.07) is 28.0. The molecule has 0 bridgehead atoms. The van der Waals surface area contributed by atoms with Crippen LogP contribution in [0.25, 0.3) is 0 Å². The first kappa shape index (κ1) is 29.6. The van der Waals surface area contributed by atoms with Crippen molar-refractivity contribution in [2.75, 3.05) is 13.2 Å². The first-order valence-corrected chi connectivity index (χ1v) is 14.3. The zero-order chi connectivity index (χ0) is 29.5. The van der Waals surface area contributed by atoms with Gasteiger partial charge in [0.25, 0.3) is 5.91 Å². The molecule has 0 saturated heterocycles. The van der Waals surface area contributed by atoms with Crippen molar-refractivity contribution in [1.29, 1.82) is 0 Å². The number of halogens is 3. The minimum absolute atomic E-state index is 0.0339. The number of aliphatic hydroxyl groups excluding tert-OH is 1. The van der Waals surface area contributed by atoms with Gasteiger partial charge in [0, 0.05) is 52.7 Å². The molecule has 216 valence electrons. The molecule has 0 aliphatic carbocycles. The highest BCUT2D eigenvalue weighted by Gasteiger charge is 2.53. The standard InChI is InChI=1S/C33H29Cl2FN2O4/c34-25-13-16-27(28(35)19-25)30-33(20-22-7-2-1-3-8-22,32(40)37-21-24-9-4-5-10-29(24)36)38-31(42-30)23-11-14-26(15-12-23)41-18-6-17-39/h1-5,7-16,19,30,39H,6,17-18,20-21H2,(H,37,40)/t30-,33-/m1/s1. The van der Waals surface area contributed by atoms with Crippen LogP contribution in [0.3, 0.4) is 0 Å². The Hall–Kier alpha value is -3.91.